The molecular formula is C14H20F3N3O. The molecule has 0 saturated carbocycles. The van der Waals surface area contributed by atoms with Crippen LogP contribution in [0.1, 0.15) is 25.8 Å². The van der Waals surface area contributed by atoms with Gasteiger partial charge in [-0.2, -0.15) is 13.2 Å². The third-order valence-corrected chi connectivity index (χ3v) is 2.78. The van der Waals surface area contributed by atoms with Crippen molar-refractivity contribution < 1.29 is 18.0 Å². The number of rotatable bonds is 5. The van der Waals surface area contributed by atoms with E-state index >= 15 is 0 Å². The molecule has 1 aromatic rings. The van der Waals surface area contributed by atoms with Crippen LogP contribution in [-0.2, 0) is 6.18 Å². The molecule has 2 amide bonds. The number of anilines is 1. The van der Waals surface area contributed by atoms with Crippen LogP contribution >= 0.6 is 0 Å². The van der Waals surface area contributed by atoms with Gasteiger partial charge < -0.3 is 16.4 Å². The molecule has 0 aliphatic heterocycles. The highest BCUT2D eigenvalue weighted by molar-refractivity contribution is 5.90. The lowest BCUT2D eigenvalue weighted by atomic mass is 10.0. The van der Waals surface area contributed by atoms with Crippen molar-refractivity contribution in [3.8, 4) is 0 Å². The minimum Gasteiger partial charge on any atom is -0.336 e. The Morgan fingerprint density at radius 2 is 1.90 bits per heavy atom. The molecular weight excluding hydrogens is 283 g/mol. The summed E-state index contributed by atoms with van der Waals surface area (Å²) in [6, 6.07) is 3.88. The molecule has 118 valence electrons. The summed E-state index contributed by atoms with van der Waals surface area (Å²) in [4.78, 5) is 11.6. The zero-order valence-electron chi connectivity index (χ0n) is 12.0. The number of amides is 2. The van der Waals surface area contributed by atoms with Gasteiger partial charge in [-0.3, -0.25) is 0 Å². The number of urea groups is 1. The largest absolute Gasteiger partial charge is 0.418 e. The maximum atomic E-state index is 12.8. The summed E-state index contributed by atoms with van der Waals surface area (Å²) in [5.41, 5.74) is 4.63. The molecule has 0 aliphatic carbocycles. The molecule has 0 radical (unpaired) electrons. The predicted molar refractivity (Wildman–Crippen MR) is 75.9 cm³/mol. The van der Waals surface area contributed by atoms with Gasteiger partial charge in [0.2, 0.25) is 0 Å². The van der Waals surface area contributed by atoms with Crippen LogP contribution in [0.3, 0.4) is 0 Å². The van der Waals surface area contributed by atoms with E-state index in [1.165, 1.54) is 18.2 Å². The van der Waals surface area contributed by atoms with Crippen LogP contribution in [0, 0.1) is 5.92 Å². The van der Waals surface area contributed by atoms with Crippen molar-refractivity contribution in [3.63, 3.8) is 0 Å². The quantitative estimate of drug-likeness (QED) is 0.782. The molecule has 0 aromatic heterocycles. The topological polar surface area (TPSA) is 67.1 Å². The zero-order chi connectivity index (χ0) is 16.0. The molecule has 1 rings (SSSR count). The van der Waals surface area contributed by atoms with E-state index < -0.39 is 17.8 Å². The summed E-state index contributed by atoms with van der Waals surface area (Å²) >= 11 is 0. The third-order valence-electron chi connectivity index (χ3n) is 2.78. The molecule has 0 heterocycles. The highest BCUT2D eigenvalue weighted by Crippen LogP contribution is 2.34. The second-order valence-electron chi connectivity index (χ2n) is 5.27. The summed E-state index contributed by atoms with van der Waals surface area (Å²) in [5, 5.41) is 4.67. The highest BCUT2D eigenvalue weighted by Gasteiger charge is 2.33. The summed E-state index contributed by atoms with van der Waals surface area (Å²) in [6.07, 6.45) is -3.79. The van der Waals surface area contributed by atoms with Crippen molar-refractivity contribution in [2.45, 2.75) is 32.5 Å². The number of nitrogens with one attached hydrogen (secondary N) is 2. The lowest BCUT2D eigenvalue weighted by Crippen LogP contribution is -2.40. The van der Waals surface area contributed by atoms with E-state index in [-0.39, 0.29) is 18.3 Å². The van der Waals surface area contributed by atoms with Gasteiger partial charge in [0.15, 0.2) is 0 Å². The van der Waals surface area contributed by atoms with Gasteiger partial charge in [0.1, 0.15) is 0 Å². The predicted octanol–water partition coefficient (Wildman–Crippen LogP) is 3.20. The highest BCUT2D eigenvalue weighted by atomic mass is 19.4. The zero-order valence-corrected chi connectivity index (χ0v) is 12.0. The van der Waals surface area contributed by atoms with Crippen molar-refractivity contribution in [1.82, 2.24) is 5.32 Å². The molecule has 1 atom stereocenters. The average molecular weight is 303 g/mol. The van der Waals surface area contributed by atoms with Crippen LogP contribution in [0.5, 0.6) is 0 Å². The summed E-state index contributed by atoms with van der Waals surface area (Å²) in [5.74, 6) is 0.385. The van der Waals surface area contributed by atoms with Gasteiger partial charge in [-0.1, -0.05) is 26.0 Å². The van der Waals surface area contributed by atoms with Crippen LogP contribution in [0.25, 0.3) is 0 Å². The monoisotopic (exact) mass is 303 g/mol. The SMILES string of the molecule is CC(C)CC(N)CNC(=O)Nc1ccccc1C(F)(F)F. The maximum Gasteiger partial charge on any atom is 0.418 e. The van der Waals surface area contributed by atoms with Crippen molar-refractivity contribution in [2.75, 3.05) is 11.9 Å². The summed E-state index contributed by atoms with van der Waals surface area (Å²) < 4.78 is 38.3. The lowest BCUT2D eigenvalue weighted by molar-refractivity contribution is -0.136. The Morgan fingerprint density at radius 1 is 1.29 bits per heavy atom. The molecule has 0 aliphatic rings. The van der Waals surface area contributed by atoms with Gasteiger partial charge in [-0.05, 0) is 24.5 Å². The Labute approximate surface area is 121 Å². The standard InChI is InChI=1S/C14H20F3N3O/c1-9(2)7-10(18)8-19-13(21)20-12-6-4-3-5-11(12)14(15,16)17/h3-6,9-10H,7-8,18H2,1-2H3,(H2,19,20,21). The lowest BCUT2D eigenvalue weighted by Gasteiger charge is -2.17. The smallest absolute Gasteiger partial charge is 0.336 e. The van der Waals surface area contributed by atoms with Crippen LogP contribution in [-0.4, -0.2) is 18.6 Å². The van der Waals surface area contributed by atoms with Crippen LogP contribution in [0.2, 0.25) is 0 Å². The second kappa shape index (κ2) is 7.31. The van der Waals surface area contributed by atoms with Gasteiger partial charge in [-0.15, -0.1) is 0 Å². The van der Waals surface area contributed by atoms with Gasteiger partial charge in [-0.25, -0.2) is 4.79 Å². The van der Waals surface area contributed by atoms with E-state index in [1.54, 1.807) is 0 Å². The summed E-state index contributed by atoms with van der Waals surface area (Å²) in [6.45, 7) is 4.21. The van der Waals surface area contributed by atoms with Crippen LogP contribution < -0.4 is 16.4 Å². The first-order chi connectivity index (χ1) is 9.70. The minimum atomic E-state index is -4.52. The molecule has 0 bridgehead atoms. The Kier molecular flexibility index (Phi) is 6.02. The van der Waals surface area contributed by atoms with Gasteiger partial charge in [0.25, 0.3) is 0 Å². The number of nitrogens with two attached hydrogens (primary N) is 1. The maximum absolute atomic E-state index is 12.8. The van der Waals surface area contributed by atoms with E-state index in [4.69, 9.17) is 5.73 Å². The molecule has 0 saturated heterocycles. The first-order valence-electron chi connectivity index (χ1n) is 6.66. The van der Waals surface area contributed by atoms with E-state index in [0.717, 1.165) is 12.5 Å². The van der Waals surface area contributed by atoms with Crippen molar-refractivity contribution >= 4 is 11.7 Å². The molecule has 0 spiro atoms. The number of hydrogen-bond acceptors (Lipinski definition) is 2. The number of carbonyl (C=O) groups is 1. The summed E-state index contributed by atoms with van der Waals surface area (Å²) in [7, 11) is 0. The molecule has 0 fully saturated rings. The fourth-order valence-corrected chi connectivity index (χ4v) is 1.92. The van der Waals surface area contributed by atoms with E-state index in [1.807, 2.05) is 13.8 Å². The normalized spacial score (nSPS) is 13.1. The third kappa shape index (κ3) is 6.03. The molecule has 1 unspecified atom stereocenters. The minimum absolute atomic E-state index is 0.207. The van der Waals surface area contributed by atoms with Crippen molar-refractivity contribution in [2.24, 2.45) is 11.7 Å². The first-order valence-corrected chi connectivity index (χ1v) is 6.66. The van der Waals surface area contributed by atoms with Gasteiger partial charge in [0.05, 0.1) is 11.3 Å². The number of hydrogen-bond donors (Lipinski definition) is 3. The number of para-hydroxylation sites is 1. The van der Waals surface area contributed by atoms with Crippen LogP contribution in [0.15, 0.2) is 24.3 Å². The second-order valence-corrected chi connectivity index (χ2v) is 5.27. The Morgan fingerprint density at radius 3 is 2.48 bits per heavy atom. The number of benzene rings is 1. The Hall–Kier alpha value is -1.76. The van der Waals surface area contributed by atoms with E-state index in [2.05, 4.69) is 10.6 Å². The molecule has 1 aromatic carbocycles. The number of halogens is 3. The fraction of sp³-hybridized carbons (Fsp3) is 0.500. The molecule has 21 heavy (non-hydrogen) atoms. The van der Waals surface area contributed by atoms with E-state index in [0.29, 0.717) is 5.92 Å². The van der Waals surface area contributed by atoms with Crippen molar-refractivity contribution in [1.29, 1.82) is 0 Å². The van der Waals surface area contributed by atoms with Crippen LogP contribution in [0.4, 0.5) is 23.7 Å². The Bertz CT molecular complexity index is 475. The van der Waals surface area contributed by atoms with Crippen molar-refractivity contribution in [3.05, 3.63) is 29.8 Å². The fourth-order valence-electron chi connectivity index (χ4n) is 1.92. The average Bonchev–Trinajstić information content (AvgIpc) is 2.35. The van der Waals surface area contributed by atoms with E-state index in [9.17, 15) is 18.0 Å². The molecule has 4 nitrogen and oxygen atoms in total. The van der Waals surface area contributed by atoms with Gasteiger partial charge >= 0.3 is 12.2 Å². The first kappa shape index (κ1) is 17.3. The molecule has 7 heteroatoms. The number of alkyl halides is 3. The molecule has 4 N–H and O–H groups in total. The number of carbonyl (C=O) groups excluding carboxylic acids is 1. The van der Waals surface area contributed by atoms with Gasteiger partial charge in [0, 0.05) is 12.6 Å². The Balaban J connectivity index is 2.60.